The number of carbonyl (C=O) groups excluding carboxylic acids is 1. The van der Waals surface area contributed by atoms with Gasteiger partial charge in [0.2, 0.25) is 5.91 Å². The van der Waals surface area contributed by atoms with Gasteiger partial charge in [-0.2, -0.15) is 13.2 Å². The number of rotatable bonds is 1. The number of aromatic nitrogens is 1. The third-order valence-electron chi connectivity index (χ3n) is 2.91. The van der Waals surface area contributed by atoms with E-state index in [-0.39, 0.29) is 17.6 Å². The summed E-state index contributed by atoms with van der Waals surface area (Å²) < 4.78 is 38.0. The molecule has 104 valence electrons. The average Bonchev–Trinajstić information content (AvgIpc) is 2.26. The second-order valence-corrected chi connectivity index (χ2v) is 4.66. The summed E-state index contributed by atoms with van der Waals surface area (Å²) in [6, 6.07) is 1.86. The van der Waals surface area contributed by atoms with E-state index in [9.17, 15) is 18.0 Å². The van der Waals surface area contributed by atoms with Crippen molar-refractivity contribution in [2.45, 2.75) is 38.5 Å². The van der Waals surface area contributed by atoms with Crippen LogP contribution >= 0.6 is 0 Å². The van der Waals surface area contributed by atoms with Crippen molar-refractivity contribution in [1.29, 1.82) is 0 Å². The Morgan fingerprint density at radius 2 is 2.16 bits per heavy atom. The zero-order valence-electron chi connectivity index (χ0n) is 10.5. The standard InChI is InChI=1S/C12H14F3N3O/c1-6-5-9(17-7(2)19)11-8(16-6)3-4-10(18-11)12(13,14)15/h3-4,6,9,16H,5H2,1-2H3,(H,17,19). The minimum atomic E-state index is -4.49. The molecular weight excluding hydrogens is 259 g/mol. The highest BCUT2D eigenvalue weighted by molar-refractivity contribution is 5.74. The van der Waals surface area contributed by atoms with Crippen molar-refractivity contribution in [3.05, 3.63) is 23.5 Å². The van der Waals surface area contributed by atoms with E-state index >= 15 is 0 Å². The van der Waals surface area contributed by atoms with Crippen molar-refractivity contribution in [2.75, 3.05) is 5.32 Å². The number of nitrogens with one attached hydrogen (secondary N) is 2. The number of fused-ring (bicyclic) bond motifs is 1. The summed E-state index contributed by atoms with van der Waals surface area (Å²) in [5.74, 6) is -0.288. The number of pyridine rings is 1. The van der Waals surface area contributed by atoms with E-state index in [4.69, 9.17) is 0 Å². The van der Waals surface area contributed by atoms with Crippen LogP contribution in [0.3, 0.4) is 0 Å². The monoisotopic (exact) mass is 273 g/mol. The Morgan fingerprint density at radius 1 is 1.47 bits per heavy atom. The van der Waals surface area contributed by atoms with Crippen LogP contribution in [0, 0.1) is 0 Å². The lowest BCUT2D eigenvalue weighted by Gasteiger charge is -2.31. The lowest BCUT2D eigenvalue weighted by molar-refractivity contribution is -0.141. The fourth-order valence-corrected chi connectivity index (χ4v) is 2.18. The summed E-state index contributed by atoms with van der Waals surface area (Å²) in [6.07, 6.45) is -3.99. The van der Waals surface area contributed by atoms with Gasteiger partial charge in [0, 0.05) is 13.0 Å². The fraction of sp³-hybridized carbons (Fsp3) is 0.500. The third kappa shape index (κ3) is 2.97. The summed E-state index contributed by atoms with van der Waals surface area (Å²) in [5, 5.41) is 5.70. The summed E-state index contributed by atoms with van der Waals surface area (Å²) in [5.41, 5.74) is -0.174. The summed E-state index contributed by atoms with van der Waals surface area (Å²) in [4.78, 5) is 14.8. The lowest BCUT2D eigenvalue weighted by atomic mass is 9.97. The highest BCUT2D eigenvalue weighted by Crippen LogP contribution is 2.35. The third-order valence-corrected chi connectivity index (χ3v) is 2.91. The first kappa shape index (κ1) is 13.6. The molecule has 4 nitrogen and oxygen atoms in total. The Kier molecular flexibility index (Phi) is 3.38. The van der Waals surface area contributed by atoms with Gasteiger partial charge in [-0.05, 0) is 25.5 Å². The second kappa shape index (κ2) is 4.71. The van der Waals surface area contributed by atoms with E-state index in [1.54, 1.807) is 0 Å². The van der Waals surface area contributed by atoms with Crippen molar-refractivity contribution in [3.8, 4) is 0 Å². The zero-order valence-corrected chi connectivity index (χ0v) is 10.5. The van der Waals surface area contributed by atoms with Crippen LogP contribution in [-0.4, -0.2) is 16.9 Å². The molecule has 2 unspecified atom stereocenters. The Hall–Kier alpha value is -1.79. The van der Waals surface area contributed by atoms with E-state index in [2.05, 4.69) is 15.6 Å². The molecule has 1 aliphatic rings. The lowest BCUT2D eigenvalue weighted by Crippen LogP contribution is -2.36. The van der Waals surface area contributed by atoms with E-state index in [1.807, 2.05) is 6.92 Å². The predicted molar refractivity (Wildman–Crippen MR) is 63.5 cm³/mol. The topological polar surface area (TPSA) is 54.0 Å². The molecule has 2 heterocycles. The van der Waals surface area contributed by atoms with Crippen LogP contribution in [0.25, 0.3) is 0 Å². The van der Waals surface area contributed by atoms with Gasteiger partial charge in [0.15, 0.2) is 0 Å². The largest absolute Gasteiger partial charge is 0.433 e. The molecule has 19 heavy (non-hydrogen) atoms. The Bertz CT molecular complexity index is 501. The predicted octanol–water partition coefficient (Wildman–Crippen LogP) is 2.48. The summed E-state index contributed by atoms with van der Waals surface area (Å²) in [6.45, 7) is 3.23. The number of hydrogen-bond acceptors (Lipinski definition) is 3. The van der Waals surface area contributed by atoms with Crippen molar-refractivity contribution in [3.63, 3.8) is 0 Å². The van der Waals surface area contributed by atoms with Gasteiger partial charge in [-0.1, -0.05) is 0 Å². The molecule has 2 rings (SSSR count). The highest BCUT2D eigenvalue weighted by Gasteiger charge is 2.35. The molecule has 2 atom stereocenters. The fourth-order valence-electron chi connectivity index (χ4n) is 2.18. The van der Waals surface area contributed by atoms with Crippen LogP contribution in [0.2, 0.25) is 0 Å². The molecule has 0 fully saturated rings. The molecule has 0 spiro atoms. The molecule has 0 saturated heterocycles. The minimum absolute atomic E-state index is 0.0582. The molecule has 0 bridgehead atoms. The van der Waals surface area contributed by atoms with Crippen molar-refractivity contribution in [2.24, 2.45) is 0 Å². The van der Waals surface area contributed by atoms with Crippen LogP contribution < -0.4 is 10.6 Å². The molecule has 1 aliphatic heterocycles. The van der Waals surface area contributed by atoms with Crippen LogP contribution in [0.4, 0.5) is 18.9 Å². The maximum absolute atomic E-state index is 12.7. The zero-order chi connectivity index (χ0) is 14.2. The van der Waals surface area contributed by atoms with Gasteiger partial charge in [-0.3, -0.25) is 4.79 Å². The van der Waals surface area contributed by atoms with Gasteiger partial charge in [-0.25, -0.2) is 4.98 Å². The van der Waals surface area contributed by atoms with Gasteiger partial charge < -0.3 is 10.6 Å². The van der Waals surface area contributed by atoms with E-state index < -0.39 is 17.9 Å². The van der Waals surface area contributed by atoms with Crippen LogP contribution in [0.1, 0.15) is 37.7 Å². The number of alkyl halides is 3. The van der Waals surface area contributed by atoms with Crippen LogP contribution in [0.5, 0.6) is 0 Å². The molecule has 1 aromatic rings. The number of anilines is 1. The quantitative estimate of drug-likeness (QED) is 0.826. The maximum Gasteiger partial charge on any atom is 0.433 e. The maximum atomic E-state index is 12.7. The van der Waals surface area contributed by atoms with Gasteiger partial charge in [0.05, 0.1) is 17.4 Å². The molecule has 1 aromatic heterocycles. The number of carbonyl (C=O) groups is 1. The number of halogens is 3. The molecular formula is C12H14F3N3O. The minimum Gasteiger partial charge on any atom is -0.381 e. The van der Waals surface area contributed by atoms with Gasteiger partial charge in [0.25, 0.3) is 0 Å². The molecule has 0 aliphatic carbocycles. The number of amides is 1. The van der Waals surface area contributed by atoms with Crippen molar-refractivity contribution >= 4 is 11.6 Å². The van der Waals surface area contributed by atoms with E-state index in [1.165, 1.54) is 13.0 Å². The summed E-state index contributed by atoms with van der Waals surface area (Å²) >= 11 is 0. The Morgan fingerprint density at radius 3 is 2.74 bits per heavy atom. The van der Waals surface area contributed by atoms with Crippen molar-refractivity contribution < 1.29 is 18.0 Å². The normalized spacial score (nSPS) is 22.4. The average molecular weight is 273 g/mol. The number of nitrogens with zero attached hydrogens (tertiary/aromatic N) is 1. The van der Waals surface area contributed by atoms with Crippen molar-refractivity contribution in [1.82, 2.24) is 10.3 Å². The SMILES string of the molecule is CC(=O)NC1CC(C)Nc2ccc(C(F)(F)F)nc21. The number of hydrogen-bond donors (Lipinski definition) is 2. The molecule has 1 amide bonds. The van der Waals surface area contributed by atoms with Gasteiger partial charge in [0.1, 0.15) is 5.69 Å². The molecule has 0 saturated carbocycles. The smallest absolute Gasteiger partial charge is 0.381 e. The van der Waals surface area contributed by atoms with Gasteiger partial charge >= 0.3 is 6.18 Å². The first-order valence-corrected chi connectivity index (χ1v) is 5.89. The van der Waals surface area contributed by atoms with E-state index in [0.717, 1.165) is 6.07 Å². The van der Waals surface area contributed by atoms with Crippen LogP contribution in [-0.2, 0) is 11.0 Å². The Balaban J connectivity index is 2.41. The molecule has 2 N–H and O–H groups in total. The first-order valence-electron chi connectivity index (χ1n) is 5.89. The van der Waals surface area contributed by atoms with Gasteiger partial charge in [-0.15, -0.1) is 0 Å². The molecule has 0 aromatic carbocycles. The second-order valence-electron chi connectivity index (χ2n) is 4.66. The van der Waals surface area contributed by atoms with E-state index in [0.29, 0.717) is 12.1 Å². The molecule has 0 radical (unpaired) electrons. The Labute approximate surface area is 108 Å². The highest BCUT2D eigenvalue weighted by atomic mass is 19.4. The molecule has 7 heteroatoms. The summed E-state index contributed by atoms with van der Waals surface area (Å²) in [7, 11) is 0. The van der Waals surface area contributed by atoms with Crippen LogP contribution in [0.15, 0.2) is 12.1 Å². The first-order chi connectivity index (χ1) is 8.77.